The van der Waals surface area contributed by atoms with Gasteiger partial charge in [-0.1, -0.05) is 71.6 Å². The van der Waals surface area contributed by atoms with Crippen LogP contribution >= 0.6 is 0 Å². The van der Waals surface area contributed by atoms with E-state index in [1.54, 1.807) is 0 Å². The highest BCUT2D eigenvalue weighted by Crippen LogP contribution is 2.29. The summed E-state index contributed by atoms with van der Waals surface area (Å²) in [6.45, 7) is 4.25. The van der Waals surface area contributed by atoms with Gasteiger partial charge in [-0.25, -0.2) is 0 Å². The summed E-state index contributed by atoms with van der Waals surface area (Å²) in [5, 5.41) is 9.99. The van der Waals surface area contributed by atoms with E-state index in [0.717, 1.165) is 19.3 Å². The molecule has 3 unspecified atom stereocenters. The molecule has 1 rings (SSSR count). The van der Waals surface area contributed by atoms with Gasteiger partial charge in [0.15, 0.2) is 0 Å². The lowest BCUT2D eigenvalue weighted by molar-refractivity contribution is -0.188. The van der Waals surface area contributed by atoms with E-state index >= 15 is 0 Å². The molecule has 0 aromatic carbocycles. The first kappa shape index (κ1) is 18.5. The van der Waals surface area contributed by atoms with E-state index in [4.69, 9.17) is 4.74 Å². The molecule has 0 bridgehead atoms. The van der Waals surface area contributed by atoms with Gasteiger partial charge in [0.2, 0.25) is 0 Å². The Labute approximate surface area is 130 Å². The number of rotatable bonds is 13. The third-order valence-corrected chi connectivity index (χ3v) is 4.60. The van der Waals surface area contributed by atoms with Crippen molar-refractivity contribution in [3.63, 3.8) is 0 Å². The van der Waals surface area contributed by atoms with Crippen molar-refractivity contribution in [2.75, 3.05) is 0 Å². The minimum atomic E-state index is -0.304. The minimum absolute atomic E-state index is 0.0303. The van der Waals surface area contributed by atoms with Crippen molar-refractivity contribution in [3.8, 4) is 0 Å². The highest BCUT2D eigenvalue weighted by molar-refractivity contribution is 5.78. The molecule has 1 saturated heterocycles. The number of unbranched alkanes of at least 4 members (excludes halogenated alkanes) is 8. The van der Waals surface area contributed by atoms with Crippen LogP contribution < -0.4 is 0 Å². The smallest absolute Gasteiger partial charge is 0.313 e. The van der Waals surface area contributed by atoms with Gasteiger partial charge in [-0.05, 0) is 12.8 Å². The fourth-order valence-corrected chi connectivity index (χ4v) is 3.12. The molecule has 0 spiro atoms. The van der Waals surface area contributed by atoms with Crippen molar-refractivity contribution in [2.45, 2.75) is 103 Å². The number of esters is 1. The Hall–Kier alpha value is -0.570. The molecule has 3 atom stereocenters. The Kier molecular flexibility index (Phi) is 9.73. The summed E-state index contributed by atoms with van der Waals surface area (Å²) in [4.78, 5) is 11.2. The molecule has 1 heterocycles. The van der Waals surface area contributed by atoms with Crippen LogP contribution in [0.5, 0.6) is 0 Å². The van der Waals surface area contributed by atoms with E-state index in [-0.39, 0.29) is 24.1 Å². The van der Waals surface area contributed by atoms with Gasteiger partial charge in [-0.2, -0.15) is 0 Å². The van der Waals surface area contributed by atoms with Crippen LogP contribution in [0.15, 0.2) is 0 Å². The standard InChI is InChI=1S/C18H34O3/c1-3-5-6-7-8-9-10-11-12-13-15(19)14-17-16(4-2)18(20)21-17/h15-17,19H,3-14H2,1-2H3. The molecule has 1 fully saturated rings. The topological polar surface area (TPSA) is 46.5 Å². The number of carbonyl (C=O) groups excluding carboxylic acids is 1. The Morgan fingerprint density at radius 1 is 1.00 bits per heavy atom. The predicted molar refractivity (Wildman–Crippen MR) is 86.1 cm³/mol. The van der Waals surface area contributed by atoms with Crippen LogP contribution in [0.25, 0.3) is 0 Å². The zero-order valence-electron chi connectivity index (χ0n) is 14.0. The van der Waals surface area contributed by atoms with E-state index < -0.39 is 0 Å². The molecule has 0 aromatic heterocycles. The highest BCUT2D eigenvalue weighted by Gasteiger charge is 2.41. The summed E-state index contributed by atoms with van der Waals surface area (Å²) in [5.41, 5.74) is 0. The largest absolute Gasteiger partial charge is 0.461 e. The molecule has 21 heavy (non-hydrogen) atoms. The van der Waals surface area contributed by atoms with E-state index in [1.165, 1.54) is 51.4 Å². The van der Waals surface area contributed by atoms with Crippen LogP contribution in [0.1, 0.15) is 90.9 Å². The van der Waals surface area contributed by atoms with Gasteiger partial charge >= 0.3 is 5.97 Å². The molecule has 3 heteroatoms. The van der Waals surface area contributed by atoms with Gasteiger partial charge in [0, 0.05) is 6.42 Å². The lowest BCUT2D eigenvalue weighted by atomic mass is 9.89. The second kappa shape index (κ2) is 11.1. The maximum absolute atomic E-state index is 11.2. The molecule has 1 aliphatic heterocycles. The molecule has 0 radical (unpaired) electrons. The molecule has 0 saturated carbocycles. The van der Waals surface area contributed by atoms with Crippen LogP contribution in [-0.4, -0.2) is 23.3 Å². The first-order valence-corrected chi connectivity index (χ1v) is 9.07. The zero-order valence-corrected chi connectivity index (χ0v) is 14.0. The maximum Gasteiger partial charge on any atom is 0.313 e. The predicted octanol–water partition coefficient (Wildman–Crippen LogP) is 4.61. The summed E-state index contributed by atoms with van der Waals surface area (Å²) in [7, 11) is 0. The Morgan fingerprint density at radius 3 is 2.10 bits per heavy atom. The summed E-state index contributed by atoms with van der Waals surface area (Å²) in [6, 6.07) is 0. The van der Waals surface area contributed by atoms with Crippen molar-refractivity contribution in [3.05, 3.63) is 0 Å². The maximum atomic E-state index is 11.2. The van der Waals surface area contributed by atoms with Crippen LogP contribution in [0.3, 0.4) is 0 Å². The third-order valence-electron chi connectivity index (χ3n) is 4.60. The molecule has 0 amide bonds. The SMILES string of the molecule is CCCCCCCCCCCC(O)CC1OC(=O)C1CC. The fourth-order valence-electron chi connectivity index (χ4n) is 3.12. The Balaban J connectivity index is 1.90. The second-order valence-corrected chi connectivity index (χ2v) is 6.50. The van der Waals surface area contributed by atoms with Gasteiger partial charge in [0.05, 0.1) is 12.0 Å². The van der Waals surface area contributed by atoms with E-state index in [9.17, 15) is 9.90 Å². The van der Waals surface area contributed by atoms with Crippen LogP contribution in [0.4, 0.5) is 0 Å². The lowest BCUT2D eigenvalue weighted by Crippen LogP contribution is -2.46. The monoisotopic (exact) mass is 298 g/mol. The van der Waals surface area contributed by atoms with Gasteiger partial charge < -0.3 is 9.84 Å². The lowest BCUT2D eigenvalue weighted by Gasteiger charge is -2.35. The van der Waals surface area contributed by atoms with Crippen molar-refractivity contribution in [2.24, 2.45) is 5.92 Å². The van der Waals surface area contributed by atoms with Crippen LogP contribution in [0.2, 0.25) is 0 Å². The molecular formula is C18H34O3. The second-order valence-electron chi connectivity index (χ2n) is 6.50. The number of ether oxygens (including phenoxy) is 1. The van der Waals surface area contributed by atoms with E-state index in [1.807, 2.05) is 6.92 Å². The van der Waals surface area contributed by atoms with E-state index in [2.05, 4.69) is 6.92 Å². The number of hydrogen-bond acceptors (Lipinski definition) is 3. The number of cyclic esters (lactones) is 1. The summed E-state index contributed by atoms with van der Waals surface area (Å²) in [5.74, 6) is -0.0551. The van der Waals surface area contributed by atoms with Crippen molar-refractivity contribution in [1.29, 1.82) is 0 Å². The highest BCUT2D eigenvalue weighted by atomic mass is 16.6. The number of hydrogen-bond donors (Lipinski definition) is 1. The van der Waals surface area contributed by atoms with Gasteiger partial charge in [-0.15, -0.1) is 0 Å². The summed E-state index contributed by atoms with van der Waals surface area (Å²) >= 11 is 0. The van der Waals surface area contributed by atoms with Crippen molar-refractivity contribution < 1.29 is 14.6 Å². The zero-order chi connectivity index (χ0) is 15.5. The van der Waals surface area contributed by atoms with Crippen LogP contribution in [0, 0.1) is 5.92 Å². The molecule has 1 N–H and O–H groups in total. The van der Waals surface area contributed by atoms with Gasteiger partial charge in [0.1, 0.15) is 6.10 Å². The Bertz CT molecular complexity index is 278. The average molecular weight is 298 g/mol. The number of aliphatic hydroxyl groups is 1. The van der Waals surface area contributed by atoms with Crippen LogP contribution in [-0.2, 0) is 9.53 Å². The number of aliphatic hydroxyl groups excluding tert-OH is 1. The summed E-state index contributed by atoms with van der Waals surface area (Å²) < 4.78 is 5.11. The normalized spacial score (nSPS) is 22.7. The van der Waals surface area contributed by atoms with E-state index in [0.29, 0.717) is 6.42 Å². The first-order valence-electron chi connectivity index (χ1n) is 9.07. The van der Waals surface area contributed by atoms with Crippen molar-refractivity contribution >= 4 is 5.97 Å². The van der Waals surface area contributed by atoms with Gasteiger partial charge in [0.25, 0.3) is 0 Å². The number of carbonyl (C=O) groups is 1. The van der Waals surface area contributed by atoms with Gasteiger partial charge in [-0.3, -0.25) is 4.79 Å². The quantitative estimate of drug-likeness (QED) is 0.399. The molecule has 1 aliphatic rings. The fraction of sp³-hybridized carbons (Fsp3) is 0.944. The third kappa shape index (κ3) is 7.30. The summed E-state index contributed by atoms with van der Waals surface area (Å²) in [6.07, 6.45) is 13.7. The molecule has 3 nitrogen and oxygen atoms in total. The molecule has 124 valence electrons. The van der Waals surface area contributed by atoms with Crippen molar-refractivity contribution in [1.82, 2.24) is 0 Å². The average Bonchev–Trinajstić information content (AvgIpc) is 2.45. The minimum Gasteiger partial charge on any atom is -0.461 e. The first-order chi connectivity index (χ1) is 10.2. The molecular weight excluding hydrogens is 264 g/mol. The molecule has 0 aliphatic carbocycles. The molecule has 0 aromatic rings. The Morgan fingerprint density at radius 2 is 1.57 bits per heavy atom.